The maximum atomic E-state index is 11.6. The Balaban J connectivity index is 5.25. The first kappa shape index (κ1) is 24.6. The molecular weight excluding hydrogens is 384 g/mol. The van der Waals surface area contributed by atoms with Crippen LogP contribution in [0.25, 0.3) is 0 Å². The van der Waals surface area contributed by atoms with Gasteiger partial charge in [0.15, 0.2) is 18.3 Å². The normalized spacial score (nSPS) is 20.3. The third-order valence-corrected chi connectivity index (χ3v) is 3.21. The van der Waals surface area contributed by atoms with Crippen molar-refractivity contribution in [2.24, 2.45) is 0 Å². The molecule has 0 radical (unpaired) electrons. The van der Waals surface area contributed by atoms with E-state index in [0.29, 0.717) is 0 Å². The number of carbonyl (C=O) groups is 4. The van der Waals surface area contributed by atoms with Gasteiger partial charge in [0.2, 0.25) is 6.10 Å². The highest BCUT2D eigenvalue weighted by molar-refractivity contribution is 5.81. The van der Waals surface area contributed by atoms with Crippen LogP contribution in [0.4, 0.5) is 0 Å². The number of esters is 1. The van der Waals surface area contributed by atoms with Crippen molar-refractivity contribution in [2.75, 3.05) is 0 Å². The molecule has 0 aliphatic heterocycles. The van der Waals surface area contributed by atoms with Crippen LogP contribution in [-0.2, 0) is 23.9 Å². The number of ether oxygens (including phenoxy) is 1. The zero-order valence-electron chi connectivity index (χ0n) is 13.1. The fraction of sp³-hybridized carbons (Fsp3) is 0.667. The smallest absolute Gasteiger partial charge is 0.347 e. The van der Waals surface area contributed by atoms with Gasteiger partial charge in [0.25, 0.3) is 0 Å². The van der Waals surface area contributed by atoms with Crippen LogP contribution in [0.3, 0.4) is 0 Å². The molecule has 0 spiro atoms. The molecule has 0 aliphatic carbocycles. The summed E-state index contributed by atoms with van der Waals surface area (Å²) in [6, 6.07) is 0. The Morgan fingerprint density at radius 2 is 0.852 bits per heavy atom. The molecule has 15 heteroatoms. The first-order chi connectivity index (χ1) is 12.2. The number of hydrogen-bond donors (Lipinski definition) is 10. The summed E-state index contributed by atoms with van der Waals surface area (Å²) in [5.74, 6) is -8.31. The average Bonchev–Trinajstić information content (AvgIpc) is 2.60. The fourth-order valence-electron chi connectivity index (χ4n) is 1.63. The number of aliphatic hydroxyl groups is 7. The molecule has 0 bridgehead atoms. The first-order valence-electron chi connectivity index (χ1n) is 6.89. The molecule has 0 unspecified atom stereocenters. The molecule has 0 aliphatic rings. The van der Waals surface area contributed by atoms with Gasteiger partial charge >= 0.3 is 23.9 Å². The Morgan fingerprint density at radius 3 is 1.19 bits per heavy atom. The van der Waals surface area contributed by atoms with Crippen molar-refractivity contribution in [3.05, 3.63) is 0 Å². The molecule has 156 valence electrons. The van der Waals surface area contributed by atoms with Gasteiger partial charge in [-0.25, -0.2) is 19.2 Å². The summed E-state index contributed by atoms with van der Waals surface area (Å²) >= 11 is 0. The Bertz CT molecular complexity index is 561. The molecule has 8 atom stereocenters. The molecule has 0 saturated carbocycles. The van der Waals surface area contributed by atoms with Crippen molar-refractivity contribution < 1.29 is 75.0 Å². The molecule has 0 aromatic carbocycles. The number of hydrogen-bond acceptors (Lipinski definition) is 12. The van der Waals surface area contributed by atoms with Gasteiger partial charge in [-0.2, -0.15) is 0 Å². The Hall–Kier alpha value is -2.40. The third-order valence-electron chi connectivity index (χ3n) is 3.21. The number of aliphatic hydroxyl groups excluding tert-OH is 7. The van der Waals surface area contributed by atoms with Crippen LogP contribution < -0.4 is 0 Å². The fourth-order valence-corrected chi connectivity index (χ4v) is 1.63. The summed E-state index contributed by atoms with van der Waals surface area (Å²) in [7, 11) is 0. The van der Waals surface area contributed by atoms with Crippen LogP contribution >= 0.6 is 0 Å². The van der Waals surface area contributed by atoms with Gasteiger partial charge in [0.1, 0.15) is 24.4 Å². The van der Waals surface area contributed by atoms with E-state index in [2.05, 4.69) is 4.74 Å². The van der Waals surface area contributed by atoms with Gasteiger partial charge in [0.05, 0.1) is 0 Å². The van der Waals surface area contributed by atoms with E-state index in [-0.39, 0.29) is 0 Å². The van der Waals surface area contributed by atoms with E-state index in [1.54, 1.807) is 0 Å². The maximum Gasteiger partial charge on any atom is 0.347 e. The Kier molecular flexibility index (Phi) is 9.17. The zero-order valence-corrected chi connectivity index (χ0v) is 13.1. The minimum atomic E-state index is -2.82. The summed E-state index contributed by atoms with van der Waals surface area (Å²) in [5, 5.41) is 91.0. The summed E-state index contributed by atoms with van der Waals surface area (Å²) < 4.78 is 4.10. The van der Waals surface area contributed by atoms with Crippen molar-refractivity contribution in [1.29, 1.82) is 0 Å². The van der Waals surface area contributed by atoms with E-state index in [9.17, 15) is 44.7 Å². The van der Waals surface area contributed by atoms with E-state index in [4.69, 9.17) is 25.5 Å². The van der Waals surface area contributed by atoms with Gasteiger partial charge in [-0.15, -0.1) is 0 Å². The second kappa shape index (κ2) is 10.1. The predicted octanol–water partition coefficient (Wildman–Crippen LogP) is -6.32. The number of aliphatic carboxylic acids is 3. The highest BCUT2D eigenvalue weighted by atomic mass is 16.6. The topological polar surface area (TPSA) is 280 Å². The second-order valence-electron chi connectivity index (χ2n) is 5.17. The standard InChI is InChI=1S/C12H18O15/c13-1(5(17)9(20)21)2(14)7(19)12(26)27-8(11(24)25)4(16)3(15)6(18)10(22)23/h1-8,13-19H,(H,20,21)(H,22,23)(H,24,25)/t1-,2-,3-,4-,5-,6-,7-,8+/m0/s1. The SMILES string of the molecule is O=C(O)[C@@H](O)[C@@H](O)[C@H](O)[C@H](O)C(=O)O[C@@H](C(=O)O)[C@@H](O)[C@H](O)[C@H](O)C(=O)O. The molecule has 0 rings (SSSR count). The van der Waals surface area contributed by atoms with Gasteiger partial charge in [0, 0.05) is 0 Å². The Morgan fingerprint density at radius 1 is 0.519 bits per heavy atom. The number of carboxylic acids is 3. The van der Waals surface area contributed by atoms with Gasteiger partial charge in [-0.05, 0) is 0 Å². The lowest BCUT2D eigenvalue weighted by Crippen LogP contribution is -2.54. The quantitative estimate of drug-likeness (QED) is 0.144. The molecule has 0 heterocycles. The van der Waals surface area contributed by atoms with Gasteiger partial charge < -0.3 is 55.8 Å². The monoisotopic (exact) mass is 402 g/mol. The van der Waals surface area contributed by atoms with Gasteiger partial charge in [-0.3, -0.25) is 0 Å². The maximum absolute atomic E-state index is 11.6. The Labute approximate surface area is 148 Å². The van der Waals surface area contributed by atoms with E-state index in [1.807, 2.05) is 0 Å². The number of rotatable bonds is 11. The number of carboxylic acid groups (broad SMARTS) is 3. The summed E-state index contributed by atoms with van der Waals surface area (Å²) in [4.78, 5) is 43.6. The summed E-state index contributed by atoms with van der Waals surface area (Å²) in [6.45, 7) is 0. The molecule has 0 amide bonds. The second-order valence-corrected chi connectivity index (χ2v) is 5.17. The van der Waals surface area contributed by atoms with Crippen LogP contribution in [-0.4, -0.2) is 124 Å². The summed E-state index contributed by atoms with van der Waals surface area (Å²) in [5.41, 5.74) is 0. The predicted molar refractivity (Wildman–Crippen MR) is 74.8 cm³/mol. The van der Waals surface area contributed by atoms with Crippen molar-refractivity contribution in [2.45, 2.75) is 48.8 Å². The van der Waals surface area contributed by atoms with Crippen LogP contribution in [0.5, 0.6) is 0 Å². The third kappa shape index (κ3) is 6.36. The lowest BCUT2D eigenvalue weighted by atomic mass is 10.0. The molecule has 27 heavy (non-hydrogen) atoms. The van der Waals surface area contributed by atoms with Crippen molar-refractivity contribution >= 4 is 23.9 Å². The molecule has 0 saturated heterocycles. The number of carbonyl (C=O) groups excluding carboxylic acids is 1. The van der Waals surface area contributed by atoms with E-state index >= 15 is 0 Å². The summed E-state index contributed by atoms with van der Waals surface area (Å²) in [6.07, 6.45) is -21.5. The van der Waals surface area contributed by atoms with Crippen molar-refractivity contribution in [1.82, 2.24) is 0 Å². The molecule has 0 aromatic rings. The van der Waals surface area contributed by atoms with Crippen molar-refractivity contribution in [3.63, 3.8) is 0 Å². The molecule has 10 N–H and O–H groups in total. The first-order valence-corrected chi connectivity index (χ1v) is 6.89. The van der Waals surface area contributed by atoms with E-state index in [0.717, 1.165) is 0 Å². The van der Waals surface area contributed by atoms with E-state index < -0.39 is 72.7 Å². The molecular formula is C12H18O15. The van der Waals surface area contributed by atoms with E-state index in [1.165, 1.54) is 0 Å². The van der Waals surface area contributed by atoms with Crippen LogP contribution in [0, 0.1) is 0 Å². The largest absolute Gasteiger partial charge is 0.479 e. The minimum absolute atomic E-state index is 2.04. The minimum Gasteiger partial charge on any atom is -0.479 e. The highest BCUT2D eigenvalue weighted by Crippen LogP contribution is 2.13. The van der Waals surface area contributed by atoms with Crippen molar-refractivity contribution in [3.8, 4) is 0 Å². The van der Waals surface area contributed by atoms with Crippen LogP contribution in [0.2, 0.25) is 0 Å². The van der Waals surface area contributed by atoms with Gasteiger partial charge in [-0.1, -0.05) is 0 Å². The van der Waals surface area contributed by atoms with Crippen LogP contribution in [0.15, 0.2) is 0 Å². The average molecular weight is 402 g/mol. The zero-order chi connectivity index (χ0) is 21.6. The molecule has 0 aromatic heterocycles. The molecule has 0 fully saturated rings. The molecule has 15 nitrogen and oxygen atoms in total. The van der Waals surface area contributed by atoms with Crippen LogP contribution in [0.1, 0.15) is 0 Å². The lowest BCUT2D eigenvalue weighted by molar-refractivity contribution is -0.196. The highest BCUT2D eigenvalue weighted by Gasteiger charge is 2.44. The lowest BCUT2D eigenvalue weighted by Gasteiger charge is -2.27.